The first-order valence-corrected chi connectivity index (χ1v) is 6.57. The number of carbonyl (C=O) groups excluding carboxylic acids is 3. The Labute approximate surface area is 105 Å². The van der Waals surface area contributed by atoms with Crippen LogP contribution in [-0.2, 0) is 9.59 Å². The van der Waals surface area contributed by atoms with Crippen LogP contribution in [-0.4, -0.2) is 52.8 Å². The fraction of sp³-hybridized carbons (Fsp3) is 0.750. The number of rotatable bonds is 1. The summed E-state index contributed by atoms with van der Waals surface area (Å²) < 4.78 is 0. The minimum atomic E-state index is -0.534. The van der Waals surface area contributed by atoms with Gasteiger partial charge in [0.1, 0.15) is 6.42 Å². The predicted octanol–water partition coefficient (Wildman–Crippen LogP) is 0.0817. The third kappa shape index (κ3) is 1.80. The number of urea groups is 1. The van der Waals surface area contributed by atoms with Crippen LogP contribution in [0.1, 0.15) is 32.1 Å². The molecule has 0 aromatic carbocycles. The Kier molecular flexibility index (Phi) is 2.81. The van der Waals surface area contributed by atoms with E-state index in [1.807, 2.05) is 0 Å². The molecular weight excluding hydrogens is 234 g/mol. The van der Waals surface area contributed by atoms with Crippen molar-refractivity contribution in [3.05, 3.63) is 0 Å². The lowest BCUT2D eigenvalue weighted by atomic mass is 9.97. The topological polar surface area (TPSA) is 69.7 Å². The third-order valence-electron chi connectivity index (χ3n) is 4.20. The zero-order valence-electron chi connectivity index (χ0n) is 10.2. The van der Waals surface area contributed by atoms with Crippen LogP contribution in [0.5, 0.6) is 0 Å². The first kappa shape index (κ1) is 11.6. The molecule has 1 N–H and O–H groups in total. The predicted molar refractivity (Wildman–Crippen MR) is 62.6 cm³/mol. The van der Waals surface area contributed by atoms with E-state index in [1.165, 1.54) is 11.3 Å². The van der Waals surface area contributed by atoms with E-state index in [1.54, 1.807) is 0 Å². The second-order valence-corrected chi connectivity index (χ2v) is 5.25. The molecule has 0 bridgehead atoms. The van der Waals surface area contributed by atoms with Gasteiger partial charge in [0.25, 0.3) is 0 Å². The van der Waals surface area contributed by atoms with Crippen molar-refractivity contribution < 1.29 is 14.4 Å². The maximum atomic E-state index is 11.9. The van der Waals surface area contributed by atoms with E-state index in [-0.39, 0.29) is 18.4 Å². The van der Waals surface area contributed by atoms with Gasteiger partial charge in [-0.05, 0) is 25.8 Å². The van der Waals surface area contributed by atoms with Gasteiger partial charge in [0, 0.05) is 12.6 Å². The van der Waals surface area contributed by atoms with Gasteiger partial charge in [-0.25, -0.2) is 4.79 Å². The van der Waals surface area contributed by atoms with Gasteiger partial charge in [0.05, 0.1) is 6.04 Å². The van der Waals surface area contributed by atoms with Gasteiger partial charge < -0.3 is 0 Å². The number of barbiturate groups is 1. The standard InChI is InChI=1S/C12H17N3O3/c16-10-7-11(17)15(12(18)13-10)9-4-6-14-5-2-1-3-8(9)14/h8-9H,1-7H2,(H,13,16,18). The molecule has 0 aromatic rings. The molecule has 0 saturated carbocycles. The third-order valence-corrected chi connectivity index (χ3v) is 4.20. The molecule has 0 aliphatic carbocycles. The average Bonchev–Trinajstić information content (AvgIpc) is 2.72. The van der Waals surface area contributed by atoms with Gasteiger partial charge in [-0.2, -0.15) is 0 Å². The van der Waals surface area contributed by atoms with E-state index >= 15 is 0 Å². The van der Waals surface area contributed by atoms with Crippen LogP contribution in [0.4, 0.5) is 4.79 Å². The quantitative estimate of drug-likeness (QED) is 0.670. The zero-order chi connectivity index (χ0) is 12.7. The Balaban J connectivity index is 1.79. The molecule has 2 atom stereocenters. The summed E-state index contributed by atoms with van der Waals surface area (Å²) in [6.45, 7) is 2.00. The molecule has 3 saturated heterocycles. The van der Waals surface area contributed by atoms with Crippen LogP contribution in [0, 0.1) is 0 Å². The van der Waals surface area contributed by atoms with E-state index in [0.29, 0.717) is 6.04 Å². The van der Waals surface area contributed by atoms with Crippen molar-refractivity contribution in [3.63, 3.8) is 0 Å². The largest absolute Gasteiger partial charge is 0.331 e. The van der Waals surface area contributed by atoms with Gasteiger partial charge in [-0.3, -0.25) is 24.7 Å². The van der Waals surface area contributed by atoms with Gasteiger partial charge in [0.15, 0.2) is 0 Å². The minimum Gasteiger partial charge on any atom is -0.298 e. The van der Waals surface area contributed by atoms with Crippen LogP contribution in [0.2, 0.25) is 0 Å². The lowest BCUT2D eigenvalue weighted by Gasteiger charge is -2.37. The number of amides is 4. The van der Waals surface area contributed by atoms with Gasteiger partial charge >= 0.3 is 6.03 Å². The van der Waals surface area contributed by atoms with Crippen molar-refractivity contribution in [2.45, 2.75) is 44.2 Å². The molecular formula is C12H17N3O3. The van der Waals surface area contributed by atoms with Crippen molar-refractivity contribution >= 4 is 17.8 Å². The lowest BCUT2D eigenvalue weighted by molar-refractivity contribution is -0.138. The van der Waals surface area contributed by atoms with Crippen LogP contribution >= 0.6 is 0 Å². The Morgan fingerprint density at radius 3 is 2.61 bits per heavy atom. The van der Waals surface area contributed by atoms with E-state index in [9.17, 15) is 14.4 Å². The average molecular weight is 251 g/mol. The minimum absolute atomic E-state index is 0.0501. The van der Waals surface area contributed by atoms with Crippen LogP contribution in [0.25, 0.3) is 0 Å². The summed E-state index contributed by atoms with van der Waals surface area (Å²) in [5.74, 6) is -0.832. The maximum Gasteiger partial charge on any atom is 0.331 e. The number of carbonyl (C=O) groups is 3. The SMILES string of the molecule is O=C1CC(=O)N(C2CCN3CCCCC23)C(=O)N1. The second-order valence-electron chi connectivity index (χ2n) is 5.25. The normalized spacial score (nSPS) is 33.6. The van der Waals surface area contributed by atoms with Crippen molar-refractivity contribution in [2.75, 3.05) is 13.1 Å². The Morgan fingerprint density at radius 1 is 1.00 bits per heavy atom. The van der Waals surface area contributed by atoms with Crippen LogP contribution in [0.15, 0.2) is 0 Å². The summed E-state index contributed by atoms with van der Waals surface area (Å²) in [6, 6.07) is -0.291. The van der Waals surface area contributed by atoms with Crippen molar-refractivity contribution in [3.8, 4) is 0 Å². The Bertz CT molecular complexity index is 389. The molecule has 2 unspecified atom stereocenters. The van der Waals surface area contributed by atoms with E-state index in [2.05, 4.69) is 10.2 Å². The molecule has 3 aliphatic heterocycles. The van der Waals surface area contributed by atoms with E-state index in [4.69, 9.17) is 0 Å². The molecule has 3 rings (SSSR count). The number of fused-ring (bicyclic) bond motifs is 1. The molecule has 4 amide bonds. The lowest BCUT2D eigenvalue weighted by Crippen LogP contribution is -2.59. The van der Waals surface area contributed by atoms with Crippen molar-refractivity contribution in [1.29, 1.82) is 0 Å². The fourth-order valence-electron chi connectivity index (χ4n) is 3.42. The number of nitrogens with one attached hydrogen (secondary N) is 1. The monoisotopic (exact) mass is 251 g/mol. The van der Waals surface area contributed by atoms with Gasteiger partial charge in [-0.15, -0.1) is 0 Å². The molecule has 3 fully saturated rings. The molecule has 98 valence electrons. The zero-order valence-corrected chi connectivity index (χ0v) is 10.2. The molecule has 0 spiro atoms. The molecule has 6 nitrogen and oxygen atoms in total. The number of piperidine rings is 1. The second kappa shape index (κ2) is 4.35. The highest BCUT2D eigenvalue weighted by Gasteiger charge is 2.45. The highest BCUT2D eigenvalue weighted by molar-refractivity contribution is 6.14. The van der Waals surface area contributed by atoms with Crippen LogP contribution < -0.4 is 5.32 Å². The van der Waals surface area contributed by atoms with Crippen LogP contribution in [0.3, 0.4) is 0 Å². The molecule has 6 heteroatoms. The Hall–Kier alpha value is -1.43. The summed E-state index contributed by atoms with van der Waals surface area (Å²) >= 11 is 0. The first-order chi connectivity index (χ1) is 8.66. The fourth-order valence-corrected chi connectivity index (χ4v) is 3.42. The molecule has 0 aromatic heterocycles. The molecule has 3 heterocycles. The first-order valence-electron chi connectivity index (χ1n) is 6.57. The molecule has 0 radical (unpaired) electrons. The van der Waals surface area contributed by atoms with E-state index in [0.717, 1.165) is 32.4 Å². The maximum absolute atomic E-state index is 11.9. The van der Waals surface area contributed by atoms with Crippen molar-refractivity contribution in [1.82, 2.24) is 15.1 Å². The summed E-state index contributed by atoms with van der Waals surface area (Å²) in [7, 11) is 0. The highest BCUT2D eigenvalue weighted by atomic mass is 16.2. The molecule has 3 aliphatic rings. The summed E-state index contributed by atoms with van der Waals surface area (Å²) in [5.41, 5.74) is 0. The summed E-state index contributed by atoms with van der Waals surface area (Å²) in [4.78, 5) is 38.5. The number of imide groups is 2. The summed E-state index contributed by atoms with van der Waals surface area (Å²) in [6.07, 6.45) is 4.02. The Morgan fingerprint density at radius 2 is 1.83 bits per heavy atom. The van der Waals surface area contributed by atoms with Gasteiger partial charge in [0.2, 0.25) is 11.8 Å². The number of hydrogen-bond acceptors (Lipinski definition) is 4. The van der Waals surface area contributed by atoms with E-state index < -0.39 is 11.9 Å². The smallest absolute Gasteiger partial charge is 0.298 e. The number of nitrogens with zero attached hydrogens (tertiary/aromatic N) is 2. The summed E-state index contributed by atoms with van der Waals surface area (Å²) in [5, 5.41) is 2.24. The number of hydrogen-bond donors (Lipinski definition) is 1. The van der Waals surface area contributed by atoms with Gasteiger partial charge in [-0.1, -0.05) is 6.42 Å². The highest BCUT2D eigenvalue weighted by Crippen LogP contribution is 2.31. The van der Waals surface area contributed by atoms with Crippen molar-refractivity contribution in [2.24, 2.45) is 0 Å². The molecule has 18 heavy (non-hydrogen) atoms.